The quantitative estimate of drug-likeness (QED) is 0.707. The summed E-state index contributed by atoms with van der Waals surface area (Å²) < 4.78 is 4.85. The zero-order valence-corrected chi connectivity index (χ0v) is 9.43. The van der Waals surface area contributed by atoms with E-state index in [4.69, 9.17) is 15.1 Å². The monoisotopic (exact) mass is 235 g/mol. The van der Waals surface area contributed by atoms with Crippen molar-refractivity contribution in [3.63, 3.8) is 0 Å². The summed E-state index contributed by atoms with van der Waals surface area (Å²) in [5.74, 6) is -0.511. The number of rotatable bonds is 6. The summed E-state index contributed by atoms with van der Waals surface area (Å²) in [6, 6.07) is 3.82. The highest BCUT2D eigenvalue weighted by Crippen LogP contribution is 2.14. The molecule has 0 amide bonds. The maximum atomic E-state index is 10.2. The minimum absolute atomic E-state index is 0.243. The first-order chi connectivity index (χ1) is 8.15. The van der Waals surface area contributed by atoms with Crippen LogP contribution < -0.4 is 5.32 Å². The van der Waals surface area contributed by atoms with E-state index in [-0.39, 0.29) is 13.2 Å². The molecule has 2 N–H and O–H groups in total. The number of nitrogens with one attached hydrogen (secondary N) is 1. The van der Waals surface area contributed by atoms with Gasteiger partial charge in [-0.1, -0.05) is 0 Å². The second-order valence-electron chi connectivity index (χ2n) is 3.34. The van der Waals surface area contributed by atoms with Crippen molar-refractivity contribution in [3.8, 4) is 6.07 Å². The molecule has 0 radical (unpaired) electrons. The van der Waals surface area contributed by atoms with Crippen LogP contribution in [0.1, 0.15) is 11.1 Å². The summed E-state index contributed by atoms with van der Waals surface area (Å²) in [4.78, 5) is 14.2. The lowest BCUT2D eigenvalue weighted by Crippen LogP contribution is -2.15. The number of carbonyl (C=O) groups is 1. The number of carboxylic acids is 1. The van der Waals surface area contributed by atoms with E-state index < -0.39 is 5.97 Å². The third-order valence-electron chi connectivity index (χ3n) is 2.04. The van der Waals surface area contributed by atoms with Gasteiger partial charge >= 0.3 is 5.97 Å². The van der Waals surface area contributed by atoms with E-state index in [0.717, 1.165) is 5.56 Å². The molecule has 6 heteroatoms. The van der Waals surface area contributed by atoms with Crippen molar-refractivity contribution in [2.24, 2.45) is 0 Å². The zero-order chi connectivity index (χ0) is 12.7. The molecule has 1 aromatic rings. The van der Waals surface area contributed by atoms with E-state index in [0.29, 0.717) is 17.9 Å². The highest BCUT2D eigenvalue weighted by molar-refractivity contribution is 5.68. The first-order valence-electron chi connectivity index (χ1n) is 5.04. The average molecular weight is 235 g/mol. The van der Waals surface area contributed by atoms with Gasteiger partial charge in [0.25, 0.3) is 0 Å². The number of pyridine rings is 1. The highest BCUT2D eigenvalue weighted by Gasteiger charge is 2.05. The lowest BCUT2D eigenvalue weighted by molar-refractivity contribution is -0.142. The maximum Gasteiger partial charge on any atom is 0.329 e. The minimum Gasteiger partial charge on any atom is -0.480 e. The van der Waals surface area contributed by atoms with Gasteiger partial charge < -0.3 is 15.2 Å². The SMILES string of the molecule is Cc1ccnc(NCCOCC(=O)O)c1C#N. The number of aryl methyl sites for hydroxylation is 1. The van der Waals surface area contributed by atoms with E-state index in [1.807, 2.05) is 6.92 Å². The van der Waals surface area contributed by atoms with Gasteiger partial charge in [-0.25, -0.2) is 9.78 Å². The number of aromatic nitrogens is 1. The van der Waals surface area contributed by atoms with Crippen molar-refractivity contribution in [1.82, 2.24) is 4.98 Å². The Balaban J connectivity index is 2.45. The number of anilines is 1. The van der Waals surface area contributed by atoms with Gasteiger partial charge in [0, 0.05) is 12.7 Å². The second kappa shape index (κ2) is 6.45. The Morgan fingerprint density at radius 1 is 1.71 bits per heavy atom. The highest BCUT2D eigenvalue weighted by atomic mass is 16.5. The largest absolute Gasteiger partial charge is 0.480 e. The van der Waals surface area contributed by atoms with Crippen molar-refractivity contribution >= 4 is 11.8 Å². The standard InChI is InChI=1S/C11H13N3O3/c1-8-2-3-13-11(9(8)6-12)14-4-5-17-7-10(15)16/h2-3H,4-5,7H2,1H3,(H,13,14)(H,15,16). The molecule has 1 heterocycles. The Labute approximate surface area is 98.9 Å². The second-order valence-corrected chi connectivity index (χ2v) is 3.34. The molecular formula is C11H13N3O3. The van der Waals surface area contributed by atoms with Crippen LogP contribution in [0, 0.1) is 18.3 Å². The zero-order valence-electron chi connectivity index (χ0n) is 9.43. The Morgan fingerprint density at radius 2 is 2.47 bits per heavy atom. The van der Waals surface area contributed by atoms with Crippen LogP contribution in [0.2, 0.25) is 0 Å². The predicted octanol–water partition coefficient (Wildman–Crippen LogP) is 0.775. The lowest BCUT2D eigenvalue weighted by atomic mass is 10.1. The van der Waals surface area contributed by atoms with Crippen LogP contribution in [0.4, 0.5) is 5.82 Å². The van der Waals surface area contributed by atoms with Gasteiger partial charge in [-0.2, -0.15) is 5.26 Å². The van der Waals surface area contributed by atoms with E-state index in [9.17, 15) is 4.79 Å². The molecule has 1 rings (SSSR count). The van der Waals surface area contributed by atoms with Crippen LogP contribution in [0.25, 0.3) is 0 Å². The minimum atomic E-state index is -1.00. The number of carboxylic acid groups (broad SMARTS) is 1. The predicted molar refractivity (Wildman–Crippen MR) is 60.6 cm³/mol. The number of nitriles is 1. The molecule has 0 unspecified atom stereocenters. The summed E-state index contributed by atoms with van der Waals surface area (Å²) in [5.41, 5.74) is 1.34. The molecule has 17 heavy (non-hydrogen) atoms. The topological polar surface area (TPSA) is 95.2 Å². The molecule has 0 spiro atoms. The van der Waals surface area contributed by atoms with Crippen molar-refractivity contribution < 1.29 is 14.6 Å². The average Bonchev–Trinajstić information content (AvgIpc) is 2.28. The fourth-order valence-corrected chi connectivity index (χ4v) is 1.23. The van der Waals surface area contributed by atoms with E-state index >= 15 is 0 Å². The fourth-order valence-electron chi connectivity index (χ4n) is 1.23. The molecule has 0 aliphatic heterocycles. The number of nitrogens with zero attached hydrogens (tertiary/aromatic N) is 2. The van der Waals surface area contributed by atoms with Gasteiger partial charge in [-0.15, -0.1) is 0 Å². The normalized spacial score (nSPS) is 9.65. The van der Waals surface area contributed by atoms with Gasteiger partial charge in [-0.05, 0) is 18.6 Å². The molecule has 0 aromatic carbocycles. The van der Waals surface area contributed by atoms with Crippen LogP contribution in [0.15, 0.2) is 12.3 Å². The van der Waals surface area contributed by atoms with Gasteiger partial charge in [0.15, 0.2) is 0 Å². The number of aliphatic carboxylic acids is 1. The molecule has 1 aromatic heterocycles. The van der Waals surface area contributed by atoms with Gasteiger partial charge in [-0.3, -0.25) is 0 Å². The lowest BCUT2D eigenvalue weighted by Gasteiger charge is -2.08. The Kier molecular flexibility index (Phi) is 4.91. The number of hydrogen-bond acceptors (Lipinski definition) is 5. The third kappa shape index (κ3) is 4.09. The molecule has 0 aliphatic carbocycles. The molecule has 0 bridgehead atoms. The fraction of sp³-hybridized carbons (Fsp3) is 0.364. The summed E-state index contributed by atoms with van der Waals surface area (Å²) in [7, 11) is 0. The first kappa shape index (κ1) is 12.9. The van der Waals surface area contributed by atoms with Crippen molar-refractivity contribution in [2.75, 3.05) is 25.1 Å². The van der Waals surface area contributed by atoms with Crippen LogP contribution in [0.3, 0.4) is 0 Å². The van der Waals surface area contributed by atoms with Crippen molar-refractivity contribution in [2.45, 2.75) is 6.92 Å². The van der Waals surface area contributed by atoms with E-state index in [1.54, 1.807) is 12.3 Å². The summed E-state index contributed by atoms with van der Waals surface area (Å²) in [6.45, 7) is 2.14. The molecule has 90 valence electrons. The molecule has 0 saturated carbocycles. The molecule has 0 aliphatic rings. The van der Waals surface area contributed by atoms with Crippen LogP contribution >= 0.6 is 0 Å². The Hall–Kier alpha value is -2.13. The van der Waals surface area contributed by atoms with Gasteiger partial charge in [0.1, 0.15) is 18.5 Å². The van der Waals surface area contributed by atoms with E-state index in [1.165, 1.54) is 0 Å². The first-order valence-corrected chi connectivity index (χ1v) is 5.04. The Morgan fingerprint density at radius 3 is 3.12 bits per heavy atom. The van der Waals surface area contributed by atoms with Crippen molar-refractivity contribution in [3.05, 3.63) is 23.4 Å². The third-order valence-corrected chi connectivity index (χ3v) is 2.04. The maximum absolute atomic E-state index is 10.2. The molecule has 0 fully saturated rings. The molecule has 0 saturated heterocycles. The summed E-state index contributed by atoms with van der Waals surface area (Å²) in [5, 5.41) is 20.2. The molecule has 6 nitrogen and oxygen atoms in total. The van der Waals surface area contributed by atoms with Gasteiger partial charge in [0.2, 0.25) is 0 Å². The van der Waals surface area contributed by atoms with Crippen LogP contribution in [0.5, 0.6) is 0 Å². The molecule has 0 atom stereocenters. The smallest absolute Gasteiger partial charge is 0.329 e. The Bertz CT molecular complexity index is 440. The van der Waals surface area contributed by atoms with Crippen LogP contribution in [-0.4, -0.2) is 35.8 Å². The molecular weight excluding hydrogens is 222 g/mol. The number of ether oxygens (including phenoxy) is 1. The summed E-state index contributed by atoms with van der Waals surface area (Å²) in [6.07, 6.45) is 1.61. The number of hydrogen-bond donors (Lipinski definition) is 2. The van der Waals surface area contributed by atoms with Crippen molar-refractivity contribution in [1.29, 1.82) is 5.26 Å². The van der Waals surface area contributed by atoms with Gasteiger partial charge in [0.05, 0.1) is 12.2 Å². The summed E-state index contributed by atoms with van der Waals surface area (Å²) >= 11 is 0. The van der Waals surface area contributed by atoms with E-state index in [2.05, 4.69) is 16.4 Å². The van der Waals surface area contributed by atoms with Crippen LogP contribution in [-0.2, 0) is 9.53 Å².